The van der Waals surface area contributed by atoms with Gasteiger partial charge in [0.15, 0.2) is 5.76 Å². The van der Waals surface area contributed by atoms with Gasteiger partial charge in [0, 0.05) is 11.0 Å². The van der Waals surface area contributed by atoms with E-state index in [4.69, 9.17) is 9.26 Å². The van der Waals surface area contributed by atoms with E-state index < -0.39 is 6.10 Å². The van der Waals surface area contributed by atoms with Gasteiger partial charge in [-0.3, -0.25) is 4.79 Å². The third-order valence-electron chi connectivity index (χ3n) is 7.90. The number of rotatable bonds is 12. The SMILES string of the molecule is CCOC(=O)CC1(c2ccc(-c3ccc(-c4onc(C)c4C(O)CCCCc4ccccc4)cc3)cc2)CC1. The zero-order valence-corrected chi connectivity index (χ0v) is 22.9. The van der Waals surface area contributed by atoms with E-state index in [0.717, 1.165) is 60.1 Å². The third-order valence-corrected chi connectivity index (χ3v) is 7.90. The Balaban J connectivity index is 1.23. The molecule has 0 radical (unpaired) electrons. The van der Waals surface area contributed by atoms with E-state index in [0.29, 0.717) is 25.2 Å². The molecule has 5 nitrogen and oxygen atoms in total. The molecule has 0 spiro atoms. The van der Waals surface area contributed by atoms with Gasteiger partial charge in [-0.2, -0.15) is 0 Å². The van der Waals surface area contributed by atoms with E-state index in [2.05, 4.69) is 65.8 Å². The van der Waals surface area contributed by atoms with Crippen LogP contribution in [0.15, 0.2) is 83.4 Å². The number of aliphatic hydroxyl groups excluding tert-OH is 1. The minimum absolute atomic E-state index is 0.0580. The first-order valence-corrected chi connectivity index (χ1v) is 14.0. The number of aliphatic hydroxyl groups is 1. The van der Waals surface area contributed by atoms with Crippen LogP contribution in [0, 0.1) is 6.92 Å². The number of nitrogens with zero attached hydrogens (tertiary/aromatic N) is 1. The molecule has 0 aliphatic heterocycles. The molecule has 1 fully saturated rings. The van der Waals surface area contributed by atoms with E-state index in [1.54, 1.807) is 0 Å². The highest BCUT2D eigenvalue weighted by Gasteiger charge is 2.46. The third kappa shape index (κ3) is 6.31. The Morgan fingerprint density at radius 3 is 2.23 bits per heavy atom. The van der Waals surface area contributed by atoms with Crippen molar-refractivity contribution in [2.24, 2.45) is 0 Å². The quantitative estimate of drug-likeness (QED) is 0.152. The smallest absolute Gasteiger partial charge is 0.306 e. The van der Waals surface area contributed by atoms with Gasteiger partial charge in [-0.25, -0.2) is 0 Å². The van der Waals surface area contributed by atoms with Crippen LogP contribution in [0.1, 0.15) is 73.9 Å². The van der Waals surface area contributed by atoms with Crippen molar-refractivity contribution < 1.29 is 19.2 Å². The molecule has 0 amide bonds. The van der Waals surface area contributed by atoms with Gasteiger partial charge in [0.25, 0.3) is 0 Å². The van der Waals surface area contributed by atoms with E-state index in [-0.39, 0.29) is 11.4 Å². The molecule has 1 atom stereocenters. The molecule has 39 heavy (non-hydrogen) atoms. The van der Waals surface area contributed by atoms with Crippen LogP contribution in [-0.2, 0) is 21.4 Å². The Morgan fingerprint density at radius 1 is 0.949 bits per heavy atom. The van der Waals surface area contributed by atoms with Crippen molar-refractivity contribution >= 4 is 5.97 Å². The fourth-order valence-electron chi connectivity index (χ4n) is 5.47. The zero-order valence-electron chi connectivity index (χ0n) is 22.9. The second kappa shape index (κ2) is 12.0. The van der Waals surface area contributed by atoms with E-state index in [9.17, 15) is 9.90 Å². The van der Waals surface area contributed by atoms with Crippen molar-refractivity contribution in [2.75, 3.05) is 6.61 Å². The monoisotopic (exact) mass is 523 g/mol. The van der Waals surface area contributed by atoms with Crippen LogP contribution in [-0.4, -0.2) is 22.8 Å². The lowest BCUT2D eigenvalue weighted by Crippen LogP contribution is -2.15. The Morgan fingerprint density at radius 2 is 1.59 bits per heavy atom. The molecule has 0 saturated heterocycles. The molecule has 1 heterocycles. The highest BCUT2D eigenvalue weighted by Crippen LogP contribution is 2.51. The number of hydrogen-bond acceptors (Lipinski definition) is 5. The van der Waals surface area contributed by atoms with Gasteiger partial charge < -0.3 is 14.4 Å². The summed E-state index contributed by atoms with van der Waals surface area (Å²) in [4.78, 5) is 12.0. The van der Waals surface area contributed by atoms with Gasteiger partial charge in [-0.15, -0.1) is 0 Å². The summed E-state index contributed by atoms with van der Waals surface area (Å²) in [7, 11) is 0. The fourth-order valence-corrected chi connectivity index (χ4v) is 5.47. The number of carbonyl (C=O) groups excluding carboxylic acids is 1. The Kier molecular flexibility index (Phi) is 8.27. The molecule has 1 saturated carbocycles. The van der Waals surface area contributed by atoms with Crippen LogP contribution in [0.2, 0.25) is 0 Å². The minimum Gasteiger partial charge on any atom is -0.466 e. The average molecular weight is 524 g/mol. The number of benzene rings is 3. The molecule has 1 unspecified atom stereocenters. The van der Waals surface area contributed by atoms with Crippen LogP contribution in [0.5, 0.6) is 0 Å². The number of unbranched alkanes of at least 4 members (excludes halogenated alkanes) is 1. The molecule has 1 aromatic heterocycles. The number of ether oxygens (including phenoxy) is 1. The maximum Gasteiger partial charge on any atom is 0.306 e. The van der Waals surface area contributed by atoms with Crippen LogP contribution < -0.4 is 0 Å². The maximum absolute atomic E-state index is 12.0. The highest BCUT2D eigenvalue weighted by atomic mass is 16.5. The molecule has 1 aliphatic carbocycles. The molecular weight excluding hydrogens is 486 g/mol. The van der Waals surface area contributed by atoms with Crippen LogP contribution in [0.25, 0.3) is 22.5 Å². The van der Waals surface area contributed by atoms with Gasteiger partial charge in [-0.1, -0.05) is 90.4 Å². The fraction of sp³-hybridized carbons (Fsp3) is 0.353. The van der Waals surface area contributed by atoms with Crippen molar-refractivity contribution in [3.8, 4) is 22.5 Å². The van der Waals surface area contributed by atoms with Crippen molar-refractivity contribution in [2.45, 2.75) is 70.3 Å². The number of hydrogen-bond donors (Lipinski definition) is 1. The minimum atomic E-state index is -0.612. The summed E-state index contributed by atoms with van der Waals surface area (Å²) in [5, 5.41) is 15.2. The second-order valence-electron chi connectivity index (χ2n) is 10.7. The summed E-state index contributed by atoms with van der Waals surface area (Å²) in [6.45, 7) is 4.16. The molecule has 5 rings (SSSR count). The van der Waals surface area contributed by atoms with Gasteiger partial charge in [0.2, 0.25) is 0 Å². The molecule has 0 bridgehead atoms. The predicted octanol–water partition coefficient (Wildman–Crippen LogP) is 7.75. The normalized spacial score (nSPS) is 14.6. The lowest BCUT2D eigenvalue weighted by atomic mass is 9.90. The summed E-state index contributed by atoms with van der Waals surface area (Å²) in [6, 6.07) is 27.2. The first kappa shape index (κ1) is 26.9. The summed E-state index contributed by atoms with van der Waals surface area (Å²) < 4.78 is 10.9. The highest BCUT2D eigenvalue weighted by molar-refractivity contribution is 5.73. The average Bonchev–Trinajstić information content (AvgIpc) is 3.63. The van der Waals surface area contributed by atoms with Crippen molar-refractivity contribution in [3.05, 3.63) is 101 Å². The van der Waals surface area contributed by atoms with Crippen LogP contribution >= 0.6 is 0 Å². The van der Waals surface area contributed by atoms with Gasteiger partial charge >= 0.3 is 5.97 Å². The molecule has 5 heteroatoms. The van der Waals surface area contributed by atoms with E-state index >= 15 is 0 Å². The molecular formula is C34H37NO4. The summed E-state index contributed by atoms with van der Waals surface area (Å²) in [5.74, 6) is 0.522. The summed E-state index contributed by atoms with van der Waals surface area (Å²) >= 11 is 0. The molecule has 202 valence electrons. The molecule has 1 aliphatic rings. The second-order valence-corrected chi connectivity index (χ2v) is 10.7. The lowest BCUT2D eigenvalue weighted by molar-refractivity contribution is -0.143. The number of carbonyl (C=O) groups is 1. The van der Waals surface area contributed by atoms with Gasteiger partial charge in [0.1, 0.15) is 0 Å². The summed E-state index contributed by atoms with van der Waals surface area (Å²) in [5.41, 5.74) is 7.10. The molecule has 3 aromatic carbocycles. The van der Waals surface area contributed by atoms with Crippen LogP contribution in [0.4, 0.5) is 0 Å². The van der Waals surface area contributed by atoms with Gasteiger partial charge in [0.05, 0.1) is 30.4 Å². The Bertz CT molecular complexity index is 1370. The van der Waals surface area contributed by atoms with Crippen LogP contribution in [0.3, 0.4) is 0 Å². The van der Waals surface area contributed by atoms with E-state index in [1.165, 1.54) is 11.1 Å². The first-order valence-electron chi connectivity index (χ1n) is 14.0. The van der Waals surface area contributed by atoms with Crippen molar-refractivity contribution in [1.29, 1.82) is 0 Å². The topological polar surface area (TPSA) is 72.6 Å². The summed E-state index contributed by atoms with van der Waals surface area (Å²) in [6.07, 6.45) is 5.52. The van der Waals surface area contributed by atoms with Crippen molar-refractivity contribution in [3.63, 3.8) is 0 Å². The number of aryl methyl sites for hydroxylation is 2. The van der Waals surface area contributed by atoms with Crippen molar-refractivity contribution in [1.82, 2.24) is 5.16 Å². The zero-order chi connectivity index (χ0) is 27.2. The van der Waals surface area contributed by atoms with Gasteiger partial charge in [-0.05, 0) is 68.2 Å². The predicted molar refractivity (Wildman–Crippen MR) is 153 cm³/mol. The number of aromatic nitrogens is 1. The standard InChI is InChI=1S/C34H37NO4/c1-3-38-31(37)23-34(21-22-34)29-19-17-27(18-20-29)26-13-15-28(16-14-26)33-32(24(2)35-39-33)30(36)12-8-7-11-25-9-5-4-6-10-25/h4-6,9-10,13-20,30,36H,3,7-8,11-12,21-23H2,1-2H3. The number of esters is 1. The van der Waals surface area contributed by atoms with E-state index in [1.807, 2.05) is 32.0 Å². The Labute approximate surface area is 230 Å². The maximum atomic E-state index is 12.0. The molecule has 4 aromatic rings. The Hall–Kier alpha value is -3.70. The lowest BCUT2D eigenvalue weighted by Gasteiger charge is -2.15. The molecule has 1 N–H and O–H groups in total. The largest absolute Gasteiger partial charge is 0.466 e. The first-order chi connectivity index (χ1) is 19.0.